The smallest absolute Gasteiger partial charge is 0.266 e. The molecular formula is C17H12F3NO. The van der Waals surface area contributed by atoms with Crippen molar-refractivity contribution >= 4 is 10.8 Å². The molecular weight excluding hydrogens is 291 g/mol. The van der Waals surface area contributed by atoms with Crippen LogP contribution in [-0.2, 0) is 6.42 Å². The van der Waals surface area contributed by atoms with E-state index >= 15 is 0 Å². The second-order valence-corrected chi connectivity index (χ2v) is 4.93. The highest BCUT2D eigenvalue weighted by molar-refractivity contribution is 5.83. The molecule has 0 radical (unpaired) electrons. The molecule has 0 atom stereocenters. The fourth-order valence-corrected chi connectivity index (χ4v) is 2.56. The van der Waals surface area contributed by atoms with E-state index in [9.17, 15) is 18.0 Å². The summed E-state index contributed by atoms with van der Waals surface area (Å²) in [6.45, 7) is 1.80. The third-order valence-electron chi connectivity index (χ3n) is 3.58. The van der Waals surface area contributed by atoms with Crippen LogP contribution in [0.5, 0.6) is 0 Å². The Morgan fingerprint density at radius 3 is 2.45 bits per heavy atom. The Hall–Kier alpha value is -2.56. The van der Waals surface area contributed by atoms with Crippen LogP contribution in [0.2, 0.25) is 0 Å². The number of fused-ring (bicyclic) bond motifs is 1. The van der Waals surface area contributed by atoms with Gasteiger partial charge in [-0.25, -0.2) is 13.2 Å². The summed E-state index contributed by atoms with van der Waals surface area (Å²) in [7, 11) is 0. The molecule has 0 spiro atoms. The van der Waals surface area contributed by atoms with Crippen LogP contribution in [0, 0.1) is 17.5 Å². The normalized spacial score (nSPS) is 11.1. The summed E-state index contributed by atoms with van der Waals surface area (Å²) < 4.78 is 42.2. The molecule has 0 saturated carbocycles. The molecule has 3 rings (SSSR count). The second-order valence-electron chi connectivity index (χ2n) is 4.93. The summed E-state index contributed by atoms with van der Waals surface area (Å²) in [5.74, 6) is -2.27. The molecule has 0 N–H and O–H groups in total. The molecule has 1 aromatic heterocycles. The highest BCUT2D eigenvalue weighted by Gasteiger charge is 2.16. The number of pyridine rings is 1. The number of nitrogens with zero attached hydrogens (tertiary/aromatic N) is 1. The van der Waals surface area contributed by atoms with Crippen molar-refractivity contribution in [3.05, 3.63) is 76.0 Å². The van der Waals surface area contributed by atoms with Crippen LogP contribution in [-0.4, -0.2) is 4.57 Å². The molecule has 1 heterocycles. The van der Waals surface area contributed by atoms with Gasteiger partial charge in [-0.2, -0.15) is 0 Å². The van der Waals surface area contributed by atoms with E-state index in [1.165, 1.54) is 18.2 Å². The fraction of sp³-hybridized carbons (Fsp3) is 0.118. The van der Waals surface area contributed by atoms with Crippen LogP contribution in [0.3, 0.4) is 0 Å². The van der Waals surface area contributed by atoms with Crippen molar-refractivity contribution in [1.29, 1.82) is 0 Å². The molecule has 0 saturated heterocycles. The van der Waals surface area contributed by atoms with E-state index in [1.54, 1.807) is 19.1 Å². The predicted octanol–water partition coefficient (Wildman–Crippen LogP) is 3.97. The van der Waals surface area contributed by atoms with Gasteiger partial charge in [0.2, 0.25) is 0 Å². The van der Waals surface area contributed by atoms with Crippen LogP contribution in [0.15, 0.2) is 47.3 Å². The Morgan fingerprint density at radius 1 is 1.00 bits per heavy atom. The summed E-state index contributed by atoms with van der Waals surface area (Å²) >= 11 is 0. The molecule has 0 amide bonds. The van der Waals surface area contributed by atoms with E-state index in [1.807, 2.05) is 0 Å². The molecule has 0 fully saturated rings. The average Bonchev–Trinajstić information content (AvgIpc) is 2.48. The maximum Gasteiger partial charge on any atom is 0.266 e. The van der Waals surface area contributed by atoms with E-state index in [2.05, 4.69) is 0 Å². The van der Waals surface area contributed by atoms with Crippen LogP contribution in [0.1, 0.15) is 12.6 Å². The monoisotopic (exact) mass is 303 g/mol. The van der Waals surface area contributed by atoms with Crippen molar-refractivity contribution in [2.45, 2.75) is 13.3 Å². The Labute approximate surface area is 124 Å². The van der Waals surface area contributed by atoms with E-state index in [0.29, 0.717) is 23.6 Å². The largest absolute Gasteiger partial charge is 0.278 e. The minimum atomic E-state index is -0.868. The first-order chi connectivity index (χ1) is 10.5. The second kappa shape index (κ2) is 5.33. The van der Waals surface area contributed by atoms with Gasteiger partial charge in [-0.15, -0.1) is 0 Å². The van der Waals surface area contributed by atoms with Gasteiger partial charge in [0.05, 0.1) is 11.1 Å². The lowest BCUT2D eigenvalue weighted by atomic mass is 10.1. The number of benzene rings is 2. The molecule has 0 aliphatic heterocycles. The van der Waals surface area contributed by atoms with Gasteiger partial charge in [0, 0.05) is 11.8 Å². The lowest BCUT2D eigenvalue weighted by Crippen LogP contribution is -2.23. The third kappa shape index (κ3) is 2.19. The van der Waals surface area contributed by atoms with Crippen LogP contribution in [0.25, 0.3) is 16.5 Å². The predicted molar refractivity (Wildman–Crippen MR) is 78.8 cm³/mol. The van der Waals surface area contributed by atoms with E-state index in [-0.39, 0.29) is 11.1 Å². The zero-order chi connectivity index (χ0) is 15.9. The van der Waals surface area contributed by atoms with Gasteiger partial charge in [-0.05, 0) is 36.1 Å². The summed E-state index contributed by atoms with van der Waals surface area (Å²) in [6, 6.07) is 8.91. The van der Waals surface area contributed by atoms with Gasteiger partial charge in [-0.1, -0.05) is 19.1 Å². The average molecular weight is 303 g/mol. The number of rotatable bonds is 2. The number of aromatic nitrogens is 1. The SMILES string of the molecule is CCc1cc2cccc(F)c2c(=O)n1-c1ccc(F)cc1F. The maximum atomic E-state index is 14.0. The molecule has 5 heteroatoms. The Balaban J connectivity index is 2.45. The lowest BCUT2D eigenvalue weighted by molar-refractivity contribution is 0.575. The van der Waals surface area contributed by atoms with Gasteiger partial charge >= 0.3 is 0 Å². The van der Waals surface area contributed by atoms with Gasteiger partial charge in [0.1, 0.15) is 17.5 Å². The van der Waals surface area contributed by atoms with E-state index in [4.69, 9.17) is 0 Å². The first kappa shape index (κ1) is 14.4. The van der Waals surface area contributed by atoms with Crippen molar-refractivity contribution in [3.63, 3.8) is 0 Å². The highest BCUT2D eigenvalue weighted by atomic mass is 19.1. The Kier molecular flexibility index (Phi) is 3.48. The number of hydrogen-bond acceptors (Lipinski definition) is 1. The molecule has 3 aromatic rings. The van der Waals surface area contributed by atoms with Gasteiger partial charge in [-0.3, -0.25) is 9.36 Å². The van der Waals surface area contributed by atoms with Crippen molar-refractivity contribution in [2.75, 3.05) is 0 Å². The van der Waals surface area contributed by atoms with Crippen LogP contribution >= 0.6 is 0 Å². The molecule has 2 nitrogen and oxygen atoms in total. The number of hydrogen-bond donors (Lipinski definition) is 0. The molecule has 0 unspecified atom stereocenters. The minimum absolute atomic E-state index is 0.0894. The number of halogens is 3. The molecule has 0 bridgehead atoms. The lowest BCUT2D eigenvalue weighted by Gasteiger charge is -2.14. The first-order valence-electron chi connectivity index (χ1n) is 6.81. The Bertz CT molecular complexity index is 931. The molecule has 0 aliphatic carbocycles. The number of aryl methyl sites for hydroxylation is 1. The summed E-state index contributed by atoms with van der Waals surface area (Å²) in [5.41, 5.74) is -0.222. The Morgan fingerprint density at radius 2 is 1.77 bits per heavy atom. The van der Waals surface area contributed by atoms with E-state index < -0.39 is 23.0 Å². The van der Waals surface area contributed by atoms with Crippen molar-refractivity contribution in [1.82, 2.24) is 4.57 Å². The fourth-order valence-electron chi connectivity index (χ4n) is 2.56. The third-order valence-corrected chi connectivity index (χ3v) is 3.58. The summed E-state index contributed by atoms with van der Waals surface area (Å²) in [5, 5.41) is 0.351. The standard InChI is InChI=1S/C17H12F3NO/c1-2-12-8-10-4-3-5-13(19)16(10)17(22)21(12)15-7-6-11(18)9-14(15)20/h3-9H,2H2,1H3. The first-order valence-corrected chi connectivity index (χ1v) is 6.81. The molecule has 0 aliphatic rings. The van der Waals surface area contributed by atoms with Crippen LogP contribution in [0.4, 0.5) is 13.2 Å². The summed E-state index contributed by atoms with van der Waals surface area (Å²) in [6.07, 6.45) is 0.443. The molecule has 22 heavy (non-hydrogen) atoms. The highest BCUT2D eigenvalue weighted by Crippen LogP contribution is 2.21. The molecule has 2 aromatic carbocycles. The van der Waals surface area contributed by atoms with Crippen LogP contribution < -0.4 is 5.56 Å². The quantitative estimate of drug-likeness (QED) is 0.702. The maximum absolute atomic E-state index is 14.0. The minimum Gasteiger partial charge on any atom is -0.278 e. The van der Waals surface area contributed by atoms with Crippen molar-refractivity contribution < 1.29 is 13.2 Å². The van der Waals surface area contributed by atoms with Crippen molar-refractivity contribution in [3.8, 4) is 5.69 Å². The van der Waals surface area contributed by atoms with Gasteiger partial charge in [0.15, 0.2) is 0 Å². The topological polar surface area (TPSA) is 22.0 Å². The van der Waals surface area contributed by atoms with Gasteiger partial charge in [0.25, 0.3) is 5.56 Å². The van der Waals surface area contributed by atoms with E-state index in [0.717, 1.165) is 10.6 Å². The van der Waals surface area contributed by atoms with Gasteiger partial charge < -0.3 is 0 Å². The van der Waals surface area contributed by atoms with Crippen molar-refractivity contribution in [2.24, 2.45) is 0 Å². The zero-order valence-electron chi connectivity index (χ0n) is 11.7. The summed E-state index contributed by atoms with van der Waals surface area (Å²) in [4.78, 5) is 12.6. The zero-order valence-corrected chi connectivity index (χ0v) is 11.7. The molecule has 112 valence electrons.